The minimum Gasteiger partial charge on any atom is -0.345 e. The number of aryl methyl sites for hydroxylation is 1. The Bertz CT molecular complexity index is 1200. The van der Waals surface area contributed by atoms with Crippen LogP contribution in [0, 0.1) is 6.92 Å². The minimum atomic E-state index is -0.00222. The Balaban J connectivity index is 1.55. The van der Waals surface area contributed by atoms with Crippen molar-refractivity contribution in [3.63, 3.8) is 0 Å². The lowest BCUT2D eigenvalue weighted by atomic mass is 10.00. The van der Waals surface area contributed by atoms with Crippen LogP contribution in [-0.2, 0) is 19.5 Å². The molecular formula is C26H29N3O. The molecule has 2 aromatic carbocycles. The Morgan fingerprint density at radius 3 is 2.53 bits per heavy atom. The summed E-state index contributed by atoms with van der Waals surface area (Å²) in [5.74, 6) is 0. The molecule has 30 heavy (non-hydrogen) atoms. The number of pyridine rings is 1. The van der Waals surface area contributed by atoms with Crippen molar-refractivity contribution in [2.24, 2.45) is 0 Å². The average molecular weight is 400 g/mol. The lowest BCUT2D eigenvalue weighted by Gasteiger charge is -2.13. The Hall–Kier alpha value is -3.11. The van der Waals surface area contributed by atoms with E-state index in [1.807, 2.05) is 25.1 Å². The number of H-pyrrole nitrogens is 1. The van der Waals surface area contributed by atoms with Gasteiger partial charge in [0.15, 0.2) is 0 Å². The van der Waals surface area contributed by atoms with Crippen LogP contribution >= 0.6 is 0 Å². The predicted molar refractivity (Wildman–Crippen MR) is 124 cm³/mol. The van der Waals surface area contributed by atoms with Gasteiger partial charge in [-0.3, -0.25) is 4.79 Å². The van der Waals surface area contributed by atoms with Gasteiger partial charge in [0.2, 0.25) is 0 Å². The van der Waals surface area contributed by atoms with Gasteiger partial charge >= 0.3 is 0 Å². The zero-order chi connectivity index (χ0) is 21.1. The van der Waals surface area contributed by atoms with Crippen molar-refractivity contribution in [2.45, 2.75) is 46.3 Å². The molecule has 4 heteroatoms. The first-order chi connectivity index (χ1) is 14.5. The SMILES string of the molecule is Cc1cc(Cc2ccccc2)c(CNCc2cccc3c2ccn3C(C)C)c(=O)[nH]1. The summed E-state index contributed by atoms with van der Waals surface area (Å²) in [6.07, 6.45) is 2.91. The normalized spacial score (nSPS) is 11.5. The Kier molecular flexibility index (Phi) is 5.86. The second kappa shape index (κ2) is 8.72. The molecule has 2 aromatic heterocycles. The Labute approximate surface area is 177 Å². The summed E-state index contributed by atoms with van der Waals surface area (Å²) in [6.45, 7) is 7.59. The lowest BCUT2D eigenvalue weighted by Crippen LogP contribution is -2.24. The molecule has 0 fully saturated rings. The van der Waals surface area contributed by atoms with Crippen LogP contribution < -0.4 is 10.9 Å². The third kappa shape index (κ3) is 4.24. The molecular weight excluding hydrogens is 370 g/mol. The molecule has 0 saturated carbocycles. The van der Waals surface area contributed by atoms with Gasteiger partial charge < -0.3 is 14.9 Å². The first-order valence-corrected chi connectivity index (χ1v) is 10.6. The number of hydrogen-bond acceptors (Lipinski definition) is 2. The average Bonchev–Trinajstić information content (AvgIpc) is 3.16. The number of hydrogen-bond donors (Lipinski definition) is 2. The van der Waals surface area contributed by atoms with E-state index in [1.165, 1.54) is 22.0 Å². The zero-order valence-corrected chi connectivity index (χ0v) is 17.9. The van der Waals surface area contributed by atoms with Crippen LogP contribution in [0.1, 0.15) is 47.8 Å². The van der Waals surface area contributed by atoms with Crippen molar-refractivity contribution in [3.8, 4) is 0 Å². The van der Waals surface area contributed by atoms with Crippen LogP contribution in [0.3, 0.4) is 0 Å². The molecule has 0 aliphatic carbocycles. The van der Waals surface area contributed by atoms with Crippen molar-refractivity contribution in [2.75, 3.05) is 0 Å². The van der Waals surface area contributed by atoms with Gasteiger partial charge in [-0.15, -0.1) is 0 Å². The summed E-state index contributed by atoms with van der Waals surface area (Å²) >= 11 is 0. The van der Waals surface area contributed by atoms with E-state index in [0.29, 0.717) is 12.6 Å². The molecule has 4 nitrogen and oxygen atoms in total. The number of fused-ring (bicyclic) bond motifs is 1. The highest BCUT2D eigenvalue weighted by atomic mass is 16.1. The van der Waals surface area contributed by atoms with Gasteiger partial charge in [-0.1, -0.05) is 42.5 Å². The van der Waals surface area contributed by atoms with E-state index < -0.39 is 0 Å². The summed E-state index contributed by atoms with van der Waals surface area (Å²) in [6, 6.07) is 21.4. The maximum atomic E-state index is 12.7. The standard InChI is InChI=1S/C26H29N3O/c1-18(2)29-13-12-23-21(10-7-11-25(23)29)16-27-17-24-22(14-19(3)28-26(24)30)15-20-8-5-4-6-9-20/h4-14,18,27H,15-17H2,1-3H3,(H,28,30). The number of nitrogens with one attached hydrogen (secondary N) is 2. The molecule has 0 aliphatic rings. The third-order valence-corrected chi connectivity index (χ3v) is 5.63. The number of benzene rings is 2. The van der Waals surface area contributed by atoms with Gasteiger partial charge in [0.25, 0.3) is 5.56 Å². The van der Waals surface area contributed by atoms with Crippen LogP contribution in [0.4, 0.5) is 0 Å². The largest absolute Gasteiger partial charge is 0.345 e. The highest BCUT2D eigenvalue weighted by molar-refractivity contribution is 5.83. The summed E-state index contributed by atoms with van der Waals surface area (Å²) in [4.78, 5) is 15.6. The van der Waals surface area contributed by atoms with Gasteiger partial charge in [-0.25, -0.2) is 0 Å². The van der Waals surface area contributed by atoms with Gasteiger partial charge in [0, 0.05) is 47.5 Å². The second-order valence-corrected chi connectivity index (χ2v) is 8.22. The first kappa shape index (κ1) is 20.2. The molecule has 0 amide bonds. The second-order valence-electron chi connectivity index (χ2n) is 8.22. The molecule has 0 radical (unpaired) electrons. The molecule has 0 bridgehead atoms. The number of rotatable bonds is 7. The van der Waals surface area contributed by atoms with E-state index in [4.69, 9.17) is 0 Å². The molecule has 2 N–H and O–H groups in total. The maximum absolute atomic E-state index is 12.7. The summed E-state index contributed by atoms with van der Waals surface area (Å²) in [5.41, 5.74) is 6.51. The predicted octanol–water partition coefficient (Wildman–Crippen LogP) is 5.10. The first-order valence-electron chi connectivity index (χ1n) is 10.6. The van der Waals surface area contributed by atoms with Crippen molar-refractivity contribution < 1.29 is 0 Å². The molecule has 0 saturated heterocycles. The molecule has 0 unspecified atom stereocenters. The number of aromatic nitrogens is 2. The van der Waals surface area contributed by atoms with Crippen LogP contribution in [0.15, 0.2) is 71.7 Å². The monoisotopic (exact) mass is 399 g/mol. The third-order valence-electron chi connectivity index (χ3n) is 5.63. The van der Waals surface area contributed by atoms with Crippen LogP contribution in [-0.4, -0.2) is 9.55 Å². The molecule has 4 rings (SSSR count). The summed E-state index contributed by atoms with van der Waals surface area (Å²) in [7, 11) is 0. The van der Waals surface area contributed by atoms with Gasteiger partial charge in [0.1, 0.15) is 0 Å². The van der Waals surface area contributed by atoms with E-state index in [1.54, 1.807) is 0 Å². The van der Waals surface area contributed by atoms with Crippen LogP contribution in [0.2, 0.25) is 0 Å². The fraction of sp³-hybridized carbons (Fsp3) is 0.269. The van der Waals surface area contributed by atoms with Crippen LogP contribution in [0.5, 0.6) is 0 Å². The molecule has 0 aliphatic heterocycles. The van der Waals surface area contributed by atoms with Crippen molar-refractivity contribution >= 4 is 10.9 Å². The number of nitrogens with zero attached hydrogens (tertiary/aromatic N) is 1. The van der Waals surface area contributed by atoms with E-state index in [2.05, 4.69) is 77.4 Å². The molecule has 154 valence electrons. The fourth-order valence-corrected chi connectivity index (χ4v) is 4.13. The maximum Gasteiger partial charge on any atom is 0.252 e. The Morgan fingerprint density at radius 2 is 1.77 bits per heavy atom. The minimum absolute atomic E-state index is 0.00222. The van der Waals surface area contributed by atoms with Crippen molar-refractivity contribution in [3.05, 3.63) is 105 Å². The molecule has 0 atom stereocenters. The fourth-order valence-electron chi connectivity index (χ4n) is 4.13. The van der Waals surface area contributed by atoms with Crippen LogP contribution in [0.25, 0.3) is 10.9 Å². The van der Waals surface area contributed by atoms with Crippen molar-refractivity contribution in [1.29, 1.82) is 0 Å². The quantitative estimate of drug-likeness (QED) is 0.454. The van der Waals surface area contributed by atoms with E-state index in [-0.39, 0.29) is 5.56 Å². The summed E-state index contributed by atoms with van der Waals surface area (Å²) in [5, 5.41) is 4.77. The highest BCUT2D eigenvalue weighted by Crippen LogP contribution is 2.23. The topological polar surface area (TPSA) is 49.8 Å². The highest BCUT2D eigenvalue weighted by Gasteiger charge is 2.11. The van der Waals surface area contributed by atoms with Gasteiger partial charge in [-0.05, 0) is 62.1 Å². The lowest BCUT2D eigenvalue weighted by molar-refractivity contribution is 0.623. The zero-order valence-electron chi connectivity index (χ0n) is 17.9. The van der Waals surface area contributed by atoms with E-state index in [0.717, 1.165) is 29.8 Å². The van der Waals surface area contributed by atoms with Gasteiger partial charge in [-0.2, -0.15) is 0 Å². The Morgan fingerprint density at radius 1 is 0.967 bits per heavy atom. The van der Waals surface area contributed by atoms with E-state index >= 15 is 0 Å². The summed E-state index contributed by atoms with van der Waals surface area (Å²) < 4.78 is 2.29. The molecule has 0 spiro atoms. The van der Waals surface area contributed by atoms with E-state index in [9.17, 15) is 4.79 Å². The molecule has 2 heterocycles. The molecule has 4 aromatic rings. The van der Waals surface area contributed by atoms with Gasteiger partial charge in [0.05, 0.1) is 0 Å². The smallest absolute Gasteiger partial charge is 0.252 e. The van der Waals surface area contributed by atoms with Crippen molar-refractivity contribution in [1.82, 2.24) is 14.9 Å². The number of aromatic amines is 1.